The zero-order valence-electron chi connectivity index (χ0n) is 13.2. The predicted molar refractivity (Wildman–Crippen MR) is 81.3 cm³/mol. The van der Waals surface area contributed by atoms with Crippen LogP contribution in [0.1, 0.15) is 29.8 Å². The second kappa shape index (κ2) is 5.46. The number of aromatic nitrogens is 1. The predicted octanol–water partition coefficient (Wildman–Crippen LogP) is 1.35. The maximum Gasteiger partial charge on any atom is 0.270 e. The Balaban J connectivity index is 1.61. The van der Waals surface area contributed by atoms with Crippen LogP contribution in [0.15, 0.2) is 18.3 Å². The van der Waals surface area contributed by atoms with E-state index in [1.54, 1.807) is 0 Å². The van der Waals surface area contributed by atoms with Gasteiger partial charge < -0.3 is 19.1 Å². The van der Waals surface area contributed by atoms with E-state index in [0.717, 1.165) is 44.7 Å². The molecule has 0 aromatic carbocycles. The number of likely N-dealkylation sites (N-methyl/N-ethyl adjacent to an activating group) is 1. The smallest absolute Gasteiger partial charge is 0.270 e. The fourth-order valence-electron chi connectivity index (χ4n) is 3.46. The summed E-state index contributed by atoms with van der Waals surface area (Å²) in [5.74, 6) is 0.138. The first kappa shape index (κ1) is 14.6. The number of rotatable bonds is 2. The number of nitrogens with zero attached hydrogens (tertiary/aromatic N) is 3. The molecule has 21 heavy (non-hydrogen) atoms. The number of amides is 1. The largest absolute Gasteiger partial charge is 0.373 e. The highest BCUT2D eigenvalue weighted by Crippen LogP contribution is 2.37. The first-order valence-corrected chi connectivity index (χ1v) is 7.72. The Kier molecular flexibility index (Phi) is 3.80. The van der Waals surface area contributed by atoms with Crippen molar-refractivity contribution in [1.29, 1.82) is 0 Å². The Bertz CT molecular complexity index is 515. The number of hydrogen-bond donors (Lipinski definition) is 0. The molecule has 0 saturated carbocycles. The fourth-order valence-corrected chi connectivity index (χ4v) is 3.46. The lowest BCUT2D eigenvalue weighted by atomic mass is 9.87. The summed E-state index contributed by atoms with van der Waals surface area (Å²) in [6, 6.07) is 4.32. The van der Waals surface area contributed by atoms with Crippen LogP contribution in [0.4, 0.5) is 0 Å². The minimum atomic E-state index is -0.0000741. The van der Waals surface area contributed by atoms with E-state index in [0.29, 0.717) is 6.04 Å². The van der Waals surface area contributed by atoms with Gasteiger partial charge in [0.25, 0.3) is 5.91 Å². The number of hydrogen-bond acceptors (Lipinski definition) is 3. The van der Waals surface area contributed by atoms with Gasteiger partial charge in [-0.3, -0.25) is 4.79 Å². The number of piperidine rings is 1. The van der Waals surface area contributed by atoms with E-state index in [1.165, 1.54) is 0 Å². The van der Waals surface area contributed by atoms with Crippen LogP contribution in [0.25, 0.3) is 0 Å². The molecule has 0 aliphatic carbocycles. The lowest BCUT2D eigenvalue weighted by Gasteiger charge is -2.38. The van der Waals surface area contributed by atoms with Crippen molar-refractivity contribution in [3.05, 3.63) is 24.0 Å². The monoisotopic (exact) mass is 291 g/mol. The van der Waals surface area contributed by atoms with Crippen molar-refractivity contribution in [2.45, 2.75) is 30.9 Å². The first-order valence-electron chi connectivity index (χ1n) is 7.72. The van der Waals surface area contributed by atoms with Crippen LogP contribution >= 0.6 is 0 Å². The molecule has 116 valence electrons. The highest BCUT2D eigenvalue weighted by atomic mass is 16.5. The molecule has 1 aromatic heterocycles. The average Bonchev–Trinajstić information content (AvgIpc) is 3.06. The Morgan fingerprint density at radius 2 is 2.10 bits per heavy atom. The number of aryl methyl sites for hydroxylation is 1. The van der Waals surface area contributed by atoms with Gasteiger partial charge in [0.2, 0.25) is 0 Å². The number of ether oxygens (including phenoxy) is 1. The van der Waals surface area contributed by atoms with Crippen LogP contribution in [0.5, 0.6) is 0 Å². The second-order valence-corrected chi connectivity index (χ2v) is 6.61. The van der Waals surface area contributed by atoms with Gasteiger partial charge in [-0.2, -0.15) is 0 Å². The van der Waals surface area contributed by atoms with Crippen molar-refractivity contribution in [3.63, 3.8) is 0 Å². The molecule has 0 N–H and O–H groups in total. The summed E-state index contributed by atoms with van der Waals surface area (Å²) in [4.78, 5) is 16.7. The van der Waals surface area contributed by atoms with E-state index in [9.17, 15) is 4.79 Å². The summed E-state index contributed by atoms with van der Waals surface area (Å²) in [5.41, 5.74) is 0.768. The normalized spacial score (nSPS) is 25.0. The molecule has 0 bridgehead atoms. The molecule has 0 radical (unpaired) electrons. The van der Waals surface area contributed by atoms with Crippen LogP contribution in [-0.2, 0) is 11.8 Å². The molecule has 3 heterocycles. The van der Waals surface area contributed by atoms with E-state index >= 15 is 0 Å². The van der Waals surface area contributed by atoms with Gasteiger partial charge in [0.15, 0.2) is 0 Å². The van der Waals surface area contributed by atoms with Gasteiger partial charge in [0.1, 0.15) is 5.69 Å². The van der Waals surface area contributed by atoms with Gasteiger partial charge in [-0.25, -0.2) is 0 Å². The van der Waals surface area contributed by atoms with Gasteiger partial charge in [-0.1, -0.05) is 0 Å². The molecule has 2 saturated heterocycles. The van der Waals surface area contributed by atoms with Gasteiger partial charge in [0.05, 0.1) is 12.2 Å². The third-order valence-electron chi connectivity index (χ3n) is 5.04. The van der Waals surface area contributed by atoms with Gasteiger partial charge >= 0.3 is 0 Å². The average molecular weight is 291 g/mol. The standard InChI is InChI=1S/C16H25N3O2/c1-17(2)13-11-16(21-12-13)6-9-19(10-7-16)15(20)14-5-4-8-18(14)3/h4-5,8,13H,6-7,9-12H2,1-3H3. The lowest BCUT2D eigenvalue weighted by Crippen LogP contribution is -2.47. The molecule has 2 fully saturated rings. The SMILES string of the molecule is CN(C)C1COC2(CCN(C(=O)c3cccn3C)CC2)C1. The quantitative estimate of drug-likeness (QED) is 0.825. The highest BCUT2D eigenvalue weighted by molar-refractivity contribution is 5.92. The third-order valence-corrected chi connectivity index (χ3v) is 5.04. The van der Waals surface area contributed by atoms with E-state index in [4.69, 9.17) is 4.74 Å². The molecular weight excluding hydrogens is 266 g/mol. The summed E-state index contributed by atoms with van der Waals surface area (Å²) >= 11 is 0. The number of carbonyl (C=O) groups excluding carboxylic acids is 1. The Morgan fingerprint density at radius 3 is 2.62 bits per heavy atom. The minimum absolute atomic E-state index is 0.0000741. The molecular formula is C16H25N3O2. The Labute approximate surface area is 126 Å². The summed E-state index contributed by atoms with van der Waals surface area (Å²) in [5, 5.41) is 0. The molecule has 1 unspecified atom stereocenters. The molecule has 5 nitrogen and oxygen atoms in total. The van der Waals surface area contributed by atoms with Crippen molar-refractivity contribution < 1.29 is 9.53 Å². The zero-order valence-corrected chi connectivity index (χ0v) is 13.2. The maximum absolute atomic E-state index is 12.5. The van der Waals surface area contributed by atoms with Crippen molar-refractivity contribution in [2.75, 3.05) is 33.8 Å². The van der Waals surface area contributed by atoms with Crippen molar-refractivity contribution in [1.82, 2.24) is 14.4 Å². The molecule has 1 spiro atoms. The van der Waals surface area contributed by atoms with Crippen molar-refractivity contribution in [3.8, 4) is 0 Å². The van der Waals surface area contributed by atoms with Crippen LogP contribution < -0.4 is 0 Å². The topological polar surface area (TPSA) is 37.7 Å². The molecule has 2 aliphatic rings. The molecule has 1 aromatic rings. The van der Waals surface area contributed by atoms with E-state index in [-0.39, 0.29) is 11.5 Å². The van der Waals surface area contributed by atoms with E-state index in [1.807, 2.05) is 34.8 Å². The van der Waals surface area contributed by atoms with E-state index in [2.05, 4.69) is 19.0 Å². The first-order chi connectivity index (χ1) is 10.0. The van der Waals surface area contributed by atoms with Crippen LogP contribution in [0.3, 0.4) is 0 Å². The molecule has 5 heteroatoms. The summed E-state index contributed by atoms with van der Waals surface area (Å²) in [6.45, 7) is 2.41. The summed E-state index contributed by atoms with van der Waals surface area (Å²) in [6.07, 6.45) is 4.91. The maximum atomic E-state index is 12.5. The second-order valence-electron chi connectivity index (χ2n) is 6.61. The summed E-state index contributed by atoms with van der Waals surface area (Å²) < 4.78 is 8.00. The fraction of sp³-hybridized carbons (Fsp3) is 0.688. The highest BCUT2D eigenvalue weighted by Gasteiger charge is 2.44. The number of likely N-dealkylation sites (tertiary alicyclic amines) is 1. The lowest BCUT2D eigenvalue weighted by molar-refractivity contribution is -0.0393. The Morgan fingerprint density at radius 1 is 1.38 bits per heavy atom. The van der Waals surface area contributed by atoms with Crippen LogP contribution in [-0.4, -0.2) is 65.7 Å². The van der Waals surface area contributed by atoms with Gasteiger partial charge in [-0.05, 0) is 45.5 Å². The Hall–Kier alpha value is -1.33. The van der Waals surface area contributed by atoms with Crippen molar-refractivity contribution >= 4 is 5.91 Å². The van der Waals surface area contributed by atoms with Gasteiger partial charge in [-0.15, -0.1) is 0 Å². The third kappa shape index (κ3) is 2.72. The molecule has 1 atom stereocenters. The van der Waals surface area contributed by atoms with E-state index < -0.39 is 0 Å². The molecule has 1 amide bonds. The molecule has 3 rings (SSSR count). The zero-order chi connectivity index (χ0) is 15.0. The summed E-state index contributed by atoms with van der Waals surface area (Å²) in [7, 11) is 6.14. The molecule has 2 aliphatic heterocycles. The van der Waals surface area contributed by atoms with Gasteiger partial charge in [0, 0.05) is 32.4 Å². The van der Waals surface area contributed by atoms with Crippen LogP contribution in [0.2, 0.25) is 0 Å². The number of carbonyl (C=O) groups is 1. The van der Waals surface area contributed by atoms with Crippen LogP contribution in [0, 0.1) is 0 Å². The minimum Gasteiger partial charge on any atom is -0.373 e. The van der Waals surface area contributed by atoms with Crippen molar-refractivity contribution in [2.24, 2.45) is 7.05 Å².